The third kappa shape index (κ3) is 5.47. The van der Waals surface area contributed by atoms with E-state index in [9.17, 15) is 4.79 Å². The molecule has 0 saturated carbocycles. The van der Waals surface area contributed by atoms with Gasteiger partial charge in [-0.1, -0.05) is 30.3 Å². The van der Waals surface area contributed by atoms with Gasteiger partial charge in [-0.3, -0.25) is 4.79 Å². The number of carbonyl (C=O) groups excluding carboxylic acids is 1. The third-order valence-corrected chi connectivity index (χ3v) is 2.22. The number of hydrogen-bond acceptors (Lipinski definition) is 3. The molecule has 1 aromatic rings. The molecule has 0 aliphatic heterocycles. The molecule has 2 N–H and O–H groups in total. The molecule has 0 aliphatic rings. The van der Waals surface area contributed by atoms with Crippen molar-refractivity contribution in [3.05, 3.63) is 35.9 Å². The van der Waals surface area contributed by atoms with Crippen LogP contribution in [0.5, 0.6) is 0 Å². The predicted molar refractivity (Wildman–Crippen MR) is 65.4 cm³/mol. The van der Waals surface area contributed by atoms with E-state index in [-0.39, 0.29) is 19.1 Å². The largest absolute Gasteiger partial charge is 0.394 e. The van der Waals surface area contributed by atoms with Gasteiger partial charge in [-0.25, -0.2) is 0 Å². The first-order valence-electron chi connectivity index (χ1n) is 5.57. The van der Waals surface area contributed by atoms with Crippen molar-refractivity contribution in [1.82, 2.24) is 5.32 Å². The summed E-state index contributed by atoms with van der Waals surface area (Å²) >= 11 is 0. The molecule has 94 valence electrons. The van der Waals surface area contributed by atoms with Gasteiger partial charge >= 0.3 is 0 Å². The molecular formula is C13H19NO3. The Morgan fingerprint density at radius 2 is 2.00 bits per heavy atom. The fraction of sp³-hybridized carbons (Fsp3) is 0.462. The maximum atomic E-state index is 11.5. The standard InChI is InChI=1S/C13H19NO3/c1-13(2,10-15)14-12(16)9-17-8-11-6-4-3-5-7-11/h3-7,15H,8-10H2,1-2H3,(H,14,16). The average Bonchev–Trinajstić information content (AvgIpc) is 2.30. The highest BCUT2D eigenvalue weighted by molar-refractivity contribution is 5.77. The highest BCUT2D eigenvalue weighted by atomic mass is 16.5. The predicted octanol–water partition coefficient (Wildman–Crippen LogP) is 1.09. The zero-order valence-corrected chi connectivity index (χ0v) is 10.3. The van der Waals surface area contributed by atoms with E-state index in [2.05, 4.69) is 5.32 Å². The van der Waals surface area contributed by atoms with Gasteiger partial charge in [-0.15, -0.1) is 0 Å². The molecule has 0 radical (unpaired) electrons. The summed E-state index contributed by atoms with van der Waals surface area (Å²) in [4.78, 5) is 11.5. The quantitative estimate of drug-likeness (QED) is 0.778. The van der Waals surface area contributed by atoms with Crippen LogP contribution >= 0.6 is 0 Å². The first-order chi connectivity index (χ1) is 8.03. The van der Waals surface area contributed by atoms with Gasteiger partial charge in [0.25, 0.3) is 0 Å². The number of ether oxygens (including phenoxy) is 1. The lowest BCUT2D eigenvalue weighted by Gasteiger charge is -2.23. The van der Waals surface area contributed by atoms with E-state index in [1.807, 2.05) is 30.3 Å². The number of aliphatic hydroxyl groups is 1. The van der Waals surface area contributed by atoms with Crippen LogP contribution in [0.2, 0.25) is 0 Å². The first-order valence-corrected chi connectivity index (χ1v) is 5.57. The van der Waals surface area contributed by atoms with Crippen molar-refractivity contribution < 1.29 is 14.6 Å². The molecule has 4 heteroatoms. The summed E-state index contributed by atoms with van der Waals surface area (Å²) in [5, 5.41) is 11.7. The Labute approximate surface area is 102 Å². The van der Waals surface area contributed by atoms with E-state index < -0.39 is 5.54 Å². The maximum absolute atomic E-state index is 11.5. The minimum absolute atomic E-state index is 0.00166. The summed E-state index contributed by atoms with van der Waals surface area (Å²) in [7, 11) is 0. The van der Waals surface area contributed by atoms with Crippen LogP contribution in [0, 0.1) is 0 Å². The van der Waals surface area contributed by atoms with Gasteiger partial charge in [-0.05, 0) is 19.4 Å². The van der Waals surface area contributed by atoms with Crippen LogP contribution in [0.25, 0.3) is 0 Å². The lowest BCUT2D eigenvalue weighted by molar-refractivity contribution is -0.128. The van der Waals surface area contributed by atoms with Gasteiger partial charge in [0.1, 0.15) is 6.61 Å². The lowest BCUT2D eigenvalue weighted by atomic mass is 10.1. The van der Waals surface area contributed by atoms with Crippen molar-refractivity contribution in [3.8, 4) is 0 Å². The zero-order valence-electron chi connectivity index (χ0n) is 10.3. The summed E-state index contributed by atoms with van der Waals surface area (Å²) in [6.45, 7) is 3.81. The summed E-state index contributed by atoms with van der Waals surface area (Å²) in [6.07, 6.45) is 0. The van der Waals surface area contributed by atoms with E-state index in [0.717, 1.165) is 5.56 Å². The van der Waals surface area contributed by atoms with E-state index >= 15 is 0 Å². The number of benzene rings is 1. The summed E-state index contributed by atoms with van der Waals surface area (Å²) < 4.78 is 5.28. The number of aliphatic hydroxyl groups excluding tert-OH is 1. The number of rotatable bonds is 6. The fourth-order valence-corrected chi connectivity index (χ4v) is 1.29. The van der Waals surface area contributed by atoms with Gasteiger partial charge in [0.2, 0.25) is 5.91 Å². The Balaban J connectivity index is 2.25. The summed E-state index contributed by atoms with van der Waals surface area (Å²) in [5.74, 6) is -0.222. The highest BCUT2D eigenvalue weighted by Crippen LogP contribution is 2.01. The maximum Gasteiger partial charge on any atom is 0.246 e. The van der Waals surface area contributed by atoms with Crippen molar-refractivity contribution in [3.63, 3.8) is 0 Å². The van der Waals surface area contributed by atoms with Crippen LogP contribution in [-0.4, -0.2) is 29.8 Å². The molecule has 0 spiro atoms. The Hall–Kier alpha value is -1.39. The molecule has 0 fully saturated rings. The summed E-state index contributed by atoms with van der Waals surface area (Å²) in [6, 6.07) is 9.66. The molecular weight excluding hydrogens is 218 g/mol. The first kappa shape index (κ1) is 13.7. The van der Waals surface area contributed by atoms with Crippen LogP contribution in [-0.2, 0) is 16.1 Å². The van der Waals surface area contributed by atoms with Gasteiger partial charge in [0, 0.05) is 0 Å². The van der Waals surface area contributed by atoms with Crippen LogP contribution < -0.4 is 5.32 Å². The van der Waals surface area contributed by atoms with Gasteiger partial charge in [0.15, 0.2) is 0 Å². The van der Waals surface area contributed by atoms with Crippen molar-refractivity contribution >= 4 is 5.91 Å². The van der Waals surface area contributed by atoms with E-state index in [4.69, 9.17) is 9.84 Å². The number of carbonyl (C=O) groups is 1. The molecule has 4 nitrogen and oxygen atoms in total. The molecule has 1 amide bonds. The minimum atomic E-state index is -0.604. The van der Waals surface area contributed by atoms with E-state index in [1.165, 1.54) is 0 Å². The van der Waals surface area contributed by atoms with Crippen LogP contribution in [0.3, 0.4) is 0 Å². The Morgan fingerprint density at radius 3 is 2.59 bits per heavy atom. The Morgan fingerprint density at radius 1 is 1.35 bits per heavy atom. The monoisotopic (exact) mass is 237 g/mol. The molecule has 0 unspecified atom stereocenters. The topological polar surface area (TPSA) is 58.6 Å². The molecule has 0 bridgehead atoms. The second kappa shape index (κ2) is 6.37. The van der Waals surface area contributed by atoms with Crippen molar-refractivity contribution in [2.75, 3.05) is 13.2 Å². The lowest BCUT2D eigenvalue weighted by Crippen LogP contribution is -2.47. The molecule has 0 aromatic heterocycles. The smallest absolute Gasteiger partial charge is 0.246 e. The molecule has 1 rings (SSSR count). The number of hydrogen-bond donors (Lipinski definition) is 2. The normalized spacial score (nSPS) is 11.2. The molecule has 0 saturated heterocycles. The van der Waals surface area contributed by atoms with Gasteiger partial charge in [-0.2, -0.15) is 0 Å². The van der Waals surface area contributed by atoms with Crippen LogP contribution in [0.4, 0.5) is 0 Å². The Bertz CT molecular complexity index is 349. The zero-order chi connectivity index (χ0) is 12.7. The van der Waals surface area contributed by atoms with Crippen LogP contribution in [0.15, 0.2) is 30.3 Å². The van der Waals surface area contributed by atoms with Gasteiger partial charge < -0.3 is 15.2 Å². The van der Waals surface area contributed by atoms with Crippen molar-refractivity contribution in [2.45, 2.75) is 26.0 Å². The minimum Gasteiger partial charge on any atom is -0.394 e. The van der Waals surface area contributed by atoms with Crippen molar-refractivity contribution in [1.29, 1.82) is 0 Å². The molecule has 0 heterocycles. The summed E-state index contributed by atoms with van der Waals surface area (Å²) in [5.41, 5.74) is 0.425. The SMILES string of the molecule is CC(C)(CO)NC(=O)COCc1ccccc1. The van der Waals surface area contributed by atoms with Gasteiger partial charge in [0.05, 0.1) is 18.8 Å². The van der Waals surface area contributed by atoms with Crippen LogP contribution in [0.1, 0.15) is 19.4 Å². The molecule has 17 heavy (non-hydrogen) atoms. The third-order valence-electron chi connectivity index (χ3n) is 2.22. The van der Waals surface area contributed by atoms with E-state index in [1.54, 1.807) is 13.8 Å². The number of nitrogens with one attached hydrogen (secondary N) is 1. The molecule has 1 aromatic carbocycles. The van der Waals surface area contributed by atoms with Crippen molar-refractivity contribution in [2.24, 2.45) is 0 Å². The fourth-order valence-electron chi connectivity index (χ4n) is 1.29. The van der Waals surface area contributed by atoms with E-state index in [0.29, 0.717) is 6.61 Å². The second-order valence-corrected chi connectivity index (χ2v) is 4.57. The average molecular weight is 237 g/mol. The highest BCUT2D eigenvalue weighted by Gasteiger charge is 2.18. The Kier molecular flexibility index (Phi) is 5.12. The molecule has 0 atom stereocenters. The number of amides is 1. The molecule has 0 aliphatic carbocycles. The second-order valence-electron chi connectivity index (χ2n) is 4.57.